The number of phenolic OH excluding ortho intramolecular Hbond substituents is 1. The van der Waals surface area contributed by atoms with Gasteiger partial charge in [0.25, 0.3) is 0 Å². The van der Waals surface area contributed by atoms with Crippen molar-refractivity contribution in [3.63, 3.8) is 0 Å². The SMILES string of the molecule is OCc1cc(Br)c(O)c(I)c1. The molecule has 0 saturated heterocycles. The van der Waals surface area contributed by atoms with Gasteiger partial charge >= 0.3 is 0 Å². The van der Waals surface area contributed by atoms with E-state index in [1.807, 2.05) is 22.6 Å². The first-order chi connectivity index (χ1) is 5.15. The van der Waals surface area contributed by atoms with Crippen molar-refractivity contribution in [1.82, 2.24) is 0 Å². The fraction of sp³-hybridized carbons (Fsp3) is 0.143. The van der Waals surface area contributed by atoms with Gasteiger partial charge < -0.3 is 10.2 Å². The average molecular weight is 329 g/mol. The van der Waals surface area contributed by atoms with Crippen LogP contribution < -0.4 is 0 Å². The lowest BCUT2D eigenvalue weighted by atomic mass is 10.2. The van der Waals surface area contributed by atoms with Crippen LogP contribution in [0.1, 0.15) is 5.56 Å². The van der Waals surface area contributed by atoms with Crippen molar-refractivity contribution >= 4 is 38.5 Å². The molecule has 0 heterocycles. The van der Waals surface area contributed by atoms with Crippen LogP contribution in [0.25, 0.3) is 0 Å². The molecule has 0 fully saturated rings. The maximum atomic E-state index is 9.29. The number of aliphatic hydroxyl groups excluding tert-OH is 1. The monoisotopic (exact) mass is 328 g/mol. The maximum Gasteiger partial charge on any atom is 0.143 e. The van der Waals surface area contributed by atoms with Crippen molar-refractivity contribution in [2.75, 3.05) is 0 Å². The third-order valence-corrected chi connectivity index (χ3v) is 2.69. The topological polar surface area (TPSA) is 40.5 Å². The van der Waals surface area contributed by atoms with E-state index in [0.717, 1.165) is 9.13 Å². The van der Waals surface area contributed by atoms with Crippen molar-refractivity contribution in [2.24, 2.45) is 0 Å². The molecule has 0 aliphatic carbocycles. The Labute approximate surface area is 86.5 Å². The largest absolute Gasteiger partial charge is 0.506 e. The molecule has 2 nitrogen and oxygen atoms in total. The number of halogens is 2. The highest BCUT2D eigenvalue weighted by molar-refractivity contribution is 14.1. The number of aromatic hydroxyl groups is 1. The Balaban J connectivity index is 3.21. The third kappa shape index (κ3) is 2.07. The van der Waals surface area contributed by atoms with E-state index in [4.69, 9.17) is 5.11 Å². The molecule has 0 saturated carbocycles. The molecule has 0 bridgehead atoms. The lowest BCUT2D eigenvalue weighted by Gasteiger charge is -2.02. The van der Waals surface area contributed by atoms with Gasteiger partial charge in [-0.05, 0) is 56.2 Å². The Morgan fingerprint density at radius 3 is 2.55 bits per heavy atom. The average Bonchev–Trinajstić information content (AvgIpc) is 1.99. The van der Waals surface area contributed by atoms with Crippen LogP contribution in [0, 0.1) is 3.57 Å². The van der Waals surface area contributed by atoms with E-state index >= 15 is 0 Å². The minimum absolute atomic E-state index is 0.00508. The second-order valence-electron chi connectivity index (χ2n) is 2.07. The number of aliphatic hydroxyl groups is 1. The van der Waals surface area contributed by atoms with E-state index < -0.39 is 0 Å². The molecular formula is C7H6BrIO2. The van der Waals surface area contributed by atoms with Gasteiger partial charge in [0.15, 0.2) is 0 Å². The van der Waals surface area contributed by atoms with Gasteiger partial charge in [-0.1, -0.05) is 0 Å². The second kappa shape index (κ2) is 3.73. The third-order valence-electron chi connectivity index (χ3n) is 1.26. The molecule has 2 N–H and O–H groups in total. The van der Waals surface area contributed by atoms with Crippen LogP contribution in [0.4, 0.5) is 0 Å². The van der Waals surface area contributed by atoms with Crippen LogP contribution in [0.3, 0.4) is 0 Å². The van der Waals surface area contributed by atoms with Gasteiger partial charge in [-0.2, -0.15) is 0 Å². The summed E-state index contributed by atoms with van der Waals surface area (Å²) in [5.41, 5.74) is 0.791. The summed E-state index contributed by atoms with van der Waals surface area (Å²) in [6.07, 6.45) is 0. The number of hydrogen-bond acceptors (Lipinski definition) is 2. The molecule has 11 heavy (non-hydrogen) atoms. The number of benzene rings is 1. The Kier molecular flexibility index (Phi) is 3.15. The molecule has 1 aromatic rings. The van der Waals surface area contributed by atoms with E-state index in [9.17, 15) is 5.11 Å². The molecule has 0 atom stereocenters. The van der Waals surface area contributed by atoms with Gasteiger partial charge in [0.1, 0.15) is 5.75 Å². The first kappa shape index (κ1) is 9.28. The van der Waals surface area contributed by atoms with Gasteiger partial charge in [0, 0.05) is 0 Å². The molecule has 0 aliphatic rings. The lowest BCUT2D eigenvalue weighted by Crippen LogP contribution is -1.85. The highest BCUT2D eigenvalue weighted by Gasteiger charge is 2.04. The molecule has 1 aromatic carbocycles. The highest BCUT2D eigenvalue weighted by Crippen LogP contribution is 2.30. The smallest absolute Gasteiger partial charge is 0.143 e. The fourth-order valence-corrected chi connectivity index (χ4v) is 2.28. The predicted molar refractivity (Wildman–Crippen MR) is 54.4 cm³/mol. The standard InChI is InChI=1S/C7H6BrIO2/c8-5-1-4(3-10)2-6(9)7(5)11/h1-2,10-11H,3H2. The van der Waals surface area contributed by atoms with Crippen LogP contribution in [0.5, 0.6) is 5.75 Å². The maximum absolute atomic E-state index is 9.29. The Morgan fingerprint density at radius 2 is 2.09 bits per heavy atom. The Morgan fingerprint density at radius 1 is 1.45 bits per heavy atom. The van der Waals surface area contributed by atoms with Crippen LogP contribution in [-0.4, -0.2) is 10.2 Å². The molecule has 0 amide bonds. The molecule has 0 aromatic heterocycles. The summed E-state index contributed by atoms with van der Waals surface area (Å²) in [4.78, 5) is 0. The van der Waals surface area contributed by atoms with Gasteiger partial charge in [-0.3, -0.25) is 0 Å². The normalized spacial score (nSPS) is 10.1. The van der Waals surface area contributed by atoms with Crippen LogP contribution in [0.15, 0.2) is 16.6 Å². The zero-order valence-corrected chi connectivity index (χ0v) is 9.26. The Bertz CT molecular complexity index is 252. The molecule has 0 radical (unpaired) electrons. The van der Waals surface area contributed by atoms with Crippen molar-refractivity contribution in [3.8, 4) is 5.75 Å². The van der Waals surface area contributed by atoms with Gasteiger partial charge in [-0.25, -0.2) is 0 Å². The van der Waals surface area contributed by atoms with Crippen LogP contribution >= 0.6 is 38.5 Å². The number of rotatable bonds is 1. The molecule has 0 spiro atoms. The highest BCUT2D eigenvalue weighted by atomic mass is 127. The first-order valence-corrected chi connectivity index (χ1v) is 4.80. The van der Waals surface area contributed by atoms with E-state index in [2.05, 4.69) is 15.9 Å². The summed E-state index contributed by atoms with van der Waals surface area (Å²) in [6.45, 7) is -0.00508. The summed E-state index contributed by atoms with van der Waals surface area (Å²) in [6, 6.07) is 3.43. The summed E-state index contributed by atoms with van der Waals surface area (Å²) >= 11 is 5.18. The summed E-state index contributed by atoms with van der Waals surface area (Å²) < 4.78 is 1.36. The molecule has 1 rings (SSSR count). The molecule has 4 heteroatoms. The summed E-state index contributed by atoms with van der Waals surface area (Å²) in [5, 5.41) is 18.1. The number of phenols is 1. The van der Waals surface area contributed by atoms with Gasteiger partial charge in [0.05, 0.1) is 14.6 Å². The quantitative estimate of drug-likeness (QED) is 0.776. The minimum atomic E-state index is -0.00508. The van der Waals surface area contributed by atoms with Crippen LogP contribution in [-0.2, 0) is 6.61 Å². The van der Waals surface area contributed by atoms with Crippen molar-refractivity contribution in [3.05, 3.63) is 25.7 Å². The second-order valence-corrected chi connectivity index (χ2v) is 4.08. The van der Waals surface area contributed by atoms with Crippen molar-refractivity contribution in [2.45, 2.75) is 6.61 Å². The summed E-state index contributed by atoms with van der Waals surface area (Å²) in [5.74, 6) is 0.225. The predicted octanol–water partition coefficient (Wildman–Crippen LogP) is 2.25. The summed E-state index contributed by atoms with van der Waals surface area (Å²) in [7, 11) is 0. The molecular weight excluding hydrogens is 323 g/mol. The van der Waals surface area contributed by atoms with Crippen molar-refractivity contribution in [1.29, 1.82) is 0 Å². The van der Waals surface area contributed by atoms with E-state index in [1.54, 1.807) is 12.1 Å². The van der Waals surface area contributed by atoms with E-state index in [-0.39, 0.29) is 12.4 Å². The fourth-order valence-electron chi connectivity index (χ4n) is 0.709. The molecule has 0 unspecified atom stereocenters. The van der Waals surface area contributed by atoms with Gasteiger partial charge in [0.2, 0.25) is 0 Å². The molecule has 60 valence electrons. The zero-order chi connectivity index (χ0) is 8.43. The Hall–Kier alpha value is 0.190. The minimum Gasteiger partial charge on any atom is -0.506 e. The number of hydrogen-bond donors (Lipinski definition) is 2. The lowest BCUT2D eigenvalue weighted by molar-refractivity contribution is 0.281. The van der Waals surface area contributed by atoms with E-state index in [0.29, 0.717) is 4.47 Å². The zero-order valence-electron chi connectivity index (χ0n) is 5.51. The van der Waals surface area contributed by atoms with Crippen molar-refractivity contribution < 1.29 is 10.2 Å². The van der Waals surface area contributed by atoms with Crippen LogP contribution in [0.2, 0.25) is 0 Å². The van der Waals surface area contributed by atoms with Gasteiger partial charge in [-0.15, -0.1) is 0 Å². The van der Waals surface area contributed by atoms with E-state index in [1.165, 1.54) is 0 Å². The first-order valence-electron chi connectivity index (χ1n) is 2.93. The molecule has 0 aliphatic heterocycles.